The van der Waals surface area contributed by atoms with Crippen LogP contribution >= 0.6 is 0 Å². The summed E-state index contributed by atoms with van der Waals surface area (Å²) >= 11 is 0. The molecule has 22 heavy (non-hydrogen) atoms. The van der Waals surface area contributed by atoms with Gasteiger partial charge in [0.15, 0.2) is 0 Å². The van der Waals surface area contributed by atoms with E-state index >= 15 is 0 Å². The van der Waals surface area contributed by atoms with Gasteiger partial charge >= 0.3 is 5.97 Å². The number of amides is 2. The van der Waals surface area contributed by atoms with E-state index in [9.17, 15) is 14.4 Å². The highest BCUT2D eigenvalue weighted by Crippen LogP contribution is 2.18. The summed E-state index contributed by atoms with van der Waals surface area (Å²) in [5, 5.41) is 13.2. The highest BCUT2D eigenvalue weighted by Gasteiger charge is 2.22. The number of nitrogens with two attached hydrogens (primary N) is 1. The van der Waals surface area contributed by atoms with Crippen LogP contribution in [0.4, 0.5) is 0 Å². The number of rotatable bonds is 6. The summed E-state index contributed by atoms with van der Waals surface area (Å²) in [5.41, 5.74) is 5.77. The zero-order chi connectivity index (χ0) is 16.1. The van der Waals surface area contributed by atoms with E-state index in [0.717, 1.165) is 16.3 Å². The number of hydrogen-bond donors (Lipinski definition) is 3. The van der Waals surface area contributed by atoms with Crippen molar-refractivity contribution in [3.63, 3.8) is 0 Å². The number of primary amides is 1. The monoisotopic (exact) mass is 300 g/mol. The average Bonchev–Trinajstić information content (AvgIpc) is 2.46. The Hall–Kier alpha value is -2.89. The second-order valence-electron chi connectivity index (χ2n) is 4.94. The summed E-state index contributed by atoms with van der Waals surface area (Å²) in [6, 6.07) is 11.9. The van der Waals surface area contributed by atoms with E-state index < -0.39 is 30.2 Å². The topological polar surface area (TPSA) is 109 Å². The molecule has 0 unspecified atom stereocenters. The highest BCUT2D eigenvalue weighted by molar-refractivity contribution is 5.92. The van der Waals surface area contributed by atoms with Gasteiger partial charge in [0.25, 0.3) is 0 Å². The second kappa shape index (κ2) is 6.71. The lowest BCUT2D eigenvalue weighted by Crippen LogP contribution is -2.43. The zero-order valence-corrected chi connectivity index (χ0v) is 11.8. The van der Waals surface area contributed by atoms with Crippen molar-refractivity contribution in [2.75, 3.05) is 0 Å². The molecule has 0 aliphatic heterocycles. The van der Waals surface area contributed by atoms with Crippen LogP contribution in [0.3, 0.4) is 0 Å². The Labute approximate surface area is 126 Å². The average molecular weight is 300 g/mol. The van der Waals surface area contributed by atoms with Crippen LogP contribution in [0, 0.1) is 0 Å². The molecule has 0 aliphatic rings. The van der Waals surface area contributed by atoms with Crippen LogP contribution in [-0.2, 0) is 20.8 Å². The molecule has 2 aromatic rings. The molecule has 4 N–H and O–H groups in total. The van der Waals surface area contributed by atoms with Crippen molar-refractivity contribution in [2.45, 2.75) is 18.9 Å². The van der Waals surface area contributed by atoms with E-state index in [1.165, 1.54) is 0 Å². The van der Waals surface area contributed by atoms with Gasteiger partial charge in [0.2, 0.25) is 11.8 Å². The Morgan fingerprint density at radius 1 is 1.09 bits per heavy atom. The molecule has 0 aliphatic carbocycles. The predicted octanol–water partition coefficient (Wildman–Crippen LogP) is 0.827. The van der Waals surface area contributed by atoms with Gasteiger partial charge in [0.05, 0.1) is 12.8 Å². The third-order valence-corrected chi connectivity index (χ3v) is 3.27. The first-order valence-corrected chi connectivity index (χ1v) is 6.74. The minimum Gasteiger partial charge on any atom is -0.480 e. The van der Waals surface area contributed by atoms with Gasteiger partial charge in [-0.1, -0.05) is 42.5 Å². The van der Waals surface area contributed by atoms with Crippen molar-refractivity contribution in [2.24, 2.45) is 5.73 Å². The van der Waals surface area contributed by atoms with Crippen molar-refractivity contribution in [3.8, 4) is 0 Å². The Kier molecular flexibility index (Phi) is 4.73. The molecular weight excluding hydrogens is 284 g/mol. The molecule has 6 heteroatoms. The van der Waals surface area contributed by atoms with Crippen molar-refractivity contribution in [1.29, 1.82) is 0 Å². The van der Waals surface area contributed by atoms with Crippen LogP contribution in [0.25, 0.3) is 10.8 Å². The summed E-state index contributed by atoms with van der Waals surface area (Å²) in [7, 11) is 0. The number of benzene rings is 2. The fourth-order valence-electron chi connectivity index (χ4n) is 2.27. The lowest BCUT2D eigenvalue weighted by atomic mass is 10.0. The van der Waals surface area contributed by atoms with Crippen LogP contribution < -0.4 is 11.1 Å². The van der Waals surface area contributed by atoms with Gasteiger partial charge in [-0.3, -0.25) is 9.59 Å². The Balaban J connectivity index is 2.13. The Morgan fingerprint density at radius 3 is 2.45 bits per heavy atom. The highest BCUT2D eigenvalue weighted by atomic mass is 16.4. The van der Waals surface area contributed by atoms with Crippen LogP contribution in [0.1, 0.15) is 12.0 Å². The van der Waals surface area contributed by atoms with Crippen LogP contribution in [0.2, 0.25) is 0 Å². The lowest BCUT2D eigenvalue weighted by molar-refractivity contribution is -0.143. The maximum Gasteiger partial charge on any atom is 0.326 e. The Morgan fingerprint density at radius 2 is 1.77 bits per heavy atom. The first-order chi connectivity index (χ1) is 10.5. The number of aliphatic carboxylic acids is 1. The third kappa shape index (κ3) is 3.82. The van der Waals surface area contributed by atoms with Gasteiger partial charge in [-0.2, -0.15) is 0 Å². The second-order valence-corrected chi connectivity index (χ2v) is 4.94. The largest absolute Gasteiger partial charge is 0.480 e. The molecule has 1 atom stereocenters. The maximum atomic E-state index is 12.0. The SMILES string of the molecule is NC(=O)C[C@@H](NC(=O)Cc1cccc2ccccc12)C(=O)O. The van der Waals surface area contributed by atoms with Crippen LogP contribution in [-0.4, -0.2) is 28.9 Å². The normalized spacial score (nSPS) is 11.8. The number of carbonyl (C=O) groups is 3. The molecule has 0 fully saturated rings. The first kappa shape index (κ1) is 15.5. The van der Waals surface area contributed by atoms with Crippen LogP contribution in [0.15, 0.2) is 42.5 Å². The van der Waals surface area contributed by atoms with E-state index in [4.69, 9.17) is 10.8 Å². The maximum absolute atomic E-state index is 12.0. The van der Waals surface area contributed by atoms with Gasteiger partial charge in [0.1, 0.15) is 6.04 Å². The van der Waals surface area contributed by atoms with Crippen molar-refractivity contribution < 1.29 is 19.5 Å². The van der Waals surface area contributed by atoms with E-state index in [1.807, 2.05) is 42.5 Å². The van der Waals surface area contributed by atoms with Gasteiger partial charge < -0.3 is 16.2 Å². The number of carboxylic acids is 1. The summed E-state index contributed by atoms with van der Waals surface area (Å²) in [5.74, 6) is -2.53. The van der Waals surface area contributed by atoms with Gasteiger partial charge in [-0.15, -0.1) is 0 Å². The lowest BCUT2D eigenvalue weighted by Gasteiger charge is -2.13. The first-order valence-electron chi connectivity index (χ1n) is 6.74. The van der Waals surface area contributed by atoms with Gasteiger partial charge in [0, 0.05) is 0 Å². The fourth-order valence-corrected chi connectivity index (χ4v) is 2.27. The molecule has 0 saturated heterocycles. The number of nitrogens with one attached hydrogen (secondary N) is 1. The smallest absolute Gasteiger partial charge is 0.326 e. The summed E-state index contributed by atoms with van der Waals surface area (Å²) in [6.45, 7) is 0. The summed E-state index contributed by atoms with van der Waals surface area (Å²) in [4.78, 5) is 33.9. The molecular formula is C16H16N2O4. The van der Waals surface area contributed by atoms with Gasteiger partial charge in [-0.05, 0) is 16.3 Å². The molecule has 0 bridgehead atoms. The number of fused-ring (bicyclic) bond motifs is 1. The molecule has 2 amide bonds. The molecule has 6 nitrogen and oxygen atoms in total. The van der Waals surface area contributed by atoms with E-state index in [0.29, 0.717) is 0 Å². The fraction of sp³-hybridized carbons (Fsp3) is 0.188. The molecule has 2 aromatic carbocycles. The van der Waals surface area contributed by atoms with Crippen molar-refractivity contribution in [3.05, 3.63) is 48.0 Å². The summed E-state index contributed by atoms with van der Waals surface area (Å²) in [6.07, 6.45) is -0.402. The number of carboxylic acid groups (broad SMARTS) is 1. The molecule has 0 saturated carbocycles. The molecule has 0 spiro atoms. The van der Waals surface area contributed by atoms with Crippen LogP contribution in [0.5, 0.6) is 0 Å². The van der Waals surface area contributed by atoms with E-state index in [1.54, 1.807) is 0 Å². The minimum atomic E-state index is -1.31. The van der Waals surface area contributed by atoms with Gasteiger partial charge in [-0.25, -0.2) is 4.79 Å². The van der Waals surface area contributed by atoms with Crippen molar-refractivity contribution in [1.82, 2.24) is 5.32 Å². The Bertz CT molecular complexity index is 722. The standard InChI is InChI=1S/C16H16N2O4/c17-14(19)9-13(16(21)22)18-15(20)8-11-6-3-5-10-4-1-2-7-12(10)11/h1-7,13H,8-9H2,(H2,17,19)(H,18,20)(H,21,22)/t13-/m1/s1. The number of hydrogen-bond acceptors (Lipinski definition) is 3. The molecule has 2 rings (SSSR count). The predicted molar refractivity (Wildman–Crippen MR) is 81.0 cm³/mol. The molecule has 0 heterocycles. The molecule has 114 valence electrons. The van der Waals surface area contributed by atoms with E-state index in [2.05, 4.69) is 5.32 Å². The zero-order valence-electron chi connectivity index (χ0n) is 11.8. The third-order valence-electron chi connectivity index (χ3n) is 3.27. The minimum absolute atomic E-state index is 0.0316. The quantitative estimate of drug-likeness (QED) is 0.734. The summed E-state index contributed by atoms with van der Waals surface area (Å²) < 4.78 is 0. The van der Waals surface area contributed by atoms with Crippen molar-refractivity contribution >= 4 is 28.6 Å². The molecule has 0 aromatic heterocycles. The number of carbonyl (C=O) groups excluding carboxylic acids is 2. The molecule has 0 radical (unpaired) electrons. The van der Waals surface area contributed by atoms with E-state index in [-0.39, 0.29) is 6.42 Å².